The minimum atomic E-state index is -1.12. The maximum Gasteiger partial charge on any atom is 0.318 e. The Morgan fingerprint density at radius 3 is 2.45 bits per heavy atom. The number of rotatable bonds is 8. The van der Waals surface area contributed by atoms with E-state index in [1.54, 1.807) is 23.6 Å². The third-order valence-corrected chi connectivity index (χ3v) is 6.52. The van der Waals surface area contributed by atoms with Crippen LogP contribution in [0.4, 0.5) is 0 Å². The molecule has 172 valence electrons. The Morgan fingerprint density at radius 2 is 1.77 bits per heavy atom. The van der Waals surface area contributed by atoms with E-state index in [4.69, 9.17) is 9.47 Å². The summed E-state index contributed by atoms with van der Waals surface area (Å²) in [5.74, 6) is -1.55. The fourth-order valence-corrected chi connectivity index (χ4v) is 5.04. The number of ether oxygens (including phenoxy) is 2. The van der Waals surface area contributed by atoms with E-state index in [1.807, 2.05) is 6.08 Å². The molecular formula is C23H34N2O6. The zero-order valence-electron chi connectivity index (χ0n) is 18.7. The molecule has 2 atom stereocenters. The van der Waals surface area contributed by atoms with Crippen molar-refractivity contribution in [1.29, 1.82) is 0 Å². The molecule has 3 aliphatic rings. The molecule has 2 amide bonds. The minimum absolute atomic E-state index is 0.0385. The fourth-order valence-electron chi connectivity index (χ4n) is 5.04. The van der Waals surface area contributed by atoms with Crippen LogP contribution in [0.3, 0.4) is 0 Å². The highest BCUT2D eigenvalue weighted by molar-refractivity contribution is 5.92. The SMILES string of the molecule is CCOC(=O)CC[C@]1(C(=O)OCC)C[C@H](CC(=O)N2CCCC2)C(=O)N2CCCC=C21. The number of hydrogen-bond donors (Lipinski definition) is 0. The Balaban J connectivity index is 1.91. The first kappa shape index (κ1) is 23.3. The topological polar surface area (TPSA) is 93.2 Å². The van der Waals surface area contributed by atoms with Gasteiger partial charge in [0.05, 0.1) is 13.2 Å². The Morgan fingerprint density at radius 1 is 1.06 bits per heavy atom. The van der Waals surface area contributed by atoms with Crippen LogP contribution in [0.5, 0.6) is 0 Å². The molecule has 8 nitrogen and oxygen atoms in total. The third kappa shape index (κ3) is 4.93. The molecule has 0 spiro atoms. The van der Waals surface area contributed by atoms with Crippen LogP contribution in [0, 0.1) is 11.3 Å². The Hall–Kier alpha value is -2.38. The van der Waals surface area contributed by atoms with Crippen molar-refractivity contribution < 1.29 is 28.7 Å². The normalized spacial score (nSPS) is 25.7. The minimum Gasteiger partial charge on any atom is -0.466 e. The average Bonchev–Trinajstić information content (AvgIpc) is 3.30. The second kappa shape index (κ2) is 10.3. The lowest BCUT2D eigenvalue weighted by atomic mass is 9.67. The van der Waals surface area contributed by atoms with Crippen molar-refractivity contribution in [3.05, 3.63) is 11.8 Å². The highest BCUT2D eigenvalue weighted by atomic mass is 16.5. The number of allylic oxidation sites excluding steroid dienone is 1. The molecule has 0 saturated carbocycles. The summed E-state index contributed by atoms with van der Waals surface area (Å²) in [7, 11) is 0. The molecule has 0 N–H and O–H groups in total. The number of esters is 2. The molecule has 0 aromatic carbocycles. The summed E-state index contributed by atoms with van der Waals surface area (Å²) in [5.41, 5.74) is -0.482. The van der Waals surface area contributed by atoms with Crippen molar-refractivity contribution in [2.45, 2.75) is 65.2 Å². The second-order valence-corrected chi connectivity index (χ2v) is 8.52. The van der Waals surface area contributed by atoms with Gasteiger partial charge in [0.15, 0.2) is 0 Å². The number of carbonyl (C=O) groups excluding carboxylic acids is 4. The third-order valence-electron chi connectivity index (χ3n) is 6.52. The van der Waals surface area contributed by atoms with Crippen LogP contribution in [-0.2, 0) is 28.7 Å². The molecule has 3 heterocycles. The standard InChI is InChI=1S/C23H34N2O6/c1-3-30-20(27)10-11-23(22(29)31-4-2)16-17(15-19(26)24-12-7-8-13-24)21(28)25-14-6-5-9-18(23)25/h9,17H,3-8,10-16H2,1-2H3/t17-,23-/m0/s1. The number of fused-ring (bicyclic) bond motifs is 1. The average molecular weight is 435 g/mol. The Bertz CT molecular complexity index is 742. The number of amides is 2. The first-order chi connectivity index (χ1) is 14.9. The number of carbonyl (C=O) groups is 4. The van der Waals surface area contributed by atoms with Crippen LogP contribution >= 0.6 is 0 Å². The molecule has 31 heavy (non-hydrogen) atoms. The van der Waals surface area contributed by atoms with Gasteiger partial charge in [-0.15, -0.1) is 0 Å². The van der Waals surface area contributed by atoms with E-state index in [1.165, 1.54) is 0 Å². The summed E-state index contributed by atoms with van der Waals surface area (Å²) in [6.07, 6.45) is 5.99. The summed E-state index contributed by atoms with van der Waals surface area (Å²) in [6.45, 7) is 5.92. The molecule has 3 aliphatic heterocycles. The summed E-state index contributed by atoms with van der Waals surface area (Å²) in [4.78, 5) is 55.0. The van der Waals surface area contributed by atoms with Crippen molar-refractivity contribution in [3.63, 3.8) is 0 Å². The second-order valence-electron chi connectivity index (χ2n) is 8.52. The van der Waals surface area contributed by atoms with E-state index in [0.29, 0.717) is 12.2 Å². The molecular weight excluding hydrogens is 400 g/mol. The van der Waals surface area contributed by atoms with Crippen molar-refractivity contribution in [1.82, 2.24) is 9.80 Å². The number of piperidine rings is 1. The van der Waals surface area contributed by atoms with E-state index >= 15 is 0 Å². The predicted octanol–water partition coefficient (Wildman–Crippen LogP) is 2.42. The number of likely N-dealkylation sites (tertiary alicyclic amines) is 1. The molecule has 0 radical (unpaired) electrons. The Kier molecular flexibility index (Phi) is 7.73. The number of hydrogen-bond acceptors (Lipinski definition) is 6. The lowest BCUT2D eigenvalue weighted by molar-refractivity contribution is -0.163. The fraction of sp³-hybridized carbons (Fsp3) is 0.739. The van der Waals surface area contributed by atoms with Gasteiger partial charge in [-0.1, -0.05) is 6.08 Å². The van der Waals surface area contributed by atoms with E-state index in [0.717, 1.165) is 38.8 Å². The molecule has 3 rings (SSSR count). The molecule has 0 aromatic heterocycles. The summed E-state index contributed by atoms with van der Waals surface area (Å²) in [6, 6.07) is 0. The largest absolute Gasteiger partial charge is 0.466 e. The van der Waals surface area contributed by atoms with Gasteiger partial charge in [0, 0.05) is 44.1 Å². The van der Waals surface area contributed by atoms with Gasteiger partial charge in [0.1, 0.15) is 5.41 Å². The summed E-state index contributed by atoms with van der Waals surface area (Å²) < 4.78 is 10.5. The van der Waals surface area contributed by atoms with Gasteiger partial charge in [0.25, 0.3) is 0 Å². The van der Waals surface area contributed by atoms with Gasteiger partial charge in [-0.2, -0.15) is 0 Å². The predicted molar refractivity (Wildman–Crippen MR) is 113 cm³/mol. The molecule has 0 bridgehead atoms. The van der Waals surface area contributed by atoms with Gasteiger partial charge in [-0.25, -0.2) is 0 Å². The Labute approximate surface area is 183 Å². The molecule has 0 aromatic rings. The molecule has 8 heteroatoms. The van der Waals surface area contributed by atoms with E-state index in [-0.39, 0.29) is 56.7 Å². The van der Waals surface area contributed by atoms with Crippen molar-refractivity contribution in [3.8, 4) is 0 Å². The summed E-state index contributed by atoms with van der Waals surface area (Å²) in [5, 5.41) is 0. The van der Waals surface area contributed by atoms with Gasteiger partial charge < -0.3 is 19.3 Å². The van der Waals surface area contributed by atoms with Crippen LogP contribution in [0.15, 0.2) is 11.8 Å². The van der Waals surface area contributed by atoms with Gasteiger partial charge in [0.2, 0.25) is 11.8 Å². The van der Waals surface area contributed by atoms with Crippen molar-refractivity contribution >= 4 is 23.8 Å². The summed E-state index contributed by atoms with van der Waals surface area (Å²) >= 11 is 0. The highest BCUT2D eigenvalue weighted by Crippen LogP contribution is 2.49. The molecule has 2 fully saturated rings. The van der Waals surface area contributed by atoms with Crippen LogP contribution in [0.25, 0.3) is 0 Å². The van der Waals surface area contributed by atoms with E-state index in [2.05, 4.69) is 0 Å². The quantitative estimate of drug-likeness (QED) is 0.545. The highest BCUT2D eigenvalue weighted by Gasteiger charge is 2.54. The first-order valence-corrected chi connectivity index (χ1v) is 11.6. The molecule has 0 aliphatic carbocycles. The lowest BCUT2D eigenvalue weighted by Crippen LogP contribution is -2.54. The van der Waals surface area contributed by atoms with E-state index in [9.17, 15) is 19.2 Å². The van der Waals surface area contributed by atoms with Gasteiger partial charge >= 0.3 is 11.9 Å². The molecule has 0 unspecified atom stereocenters. The zero-order valence-corrected chi connectivity index (χ0v) is 18.7. The van der Waals surface area contributed by atoms with Gasteiger partial charge in [-0.05, 0) is 52.4 Å². The smallest absolute Gasteiger partial charge is 0.318 e. The van der Waals surface area contributed by atoms with Crippen LogP contribution in [-0.4, -0.2) is 66.4 Å². The van der Waals surface area contributed by atoms with E-state index < -0.39 is 17.3 Å². The first-order valence-electron chi connectivity index (χ1n) is 11.6. The monoisotopic (exact) mass is 434 g/mol. The van der Waals surface area contributed by atoms with Crippen LogP contribution < -0.4 is 0 Å². The van der Waals surface area contributed by atoms with Crippen LogP contribution in [0.1, 0.15) is 65.2 Å². The van der Waals surface area contributed by atoms with Crippen LogP contribution in [0.2, 0.25) is 0 Å². The maximum atomic E-state index is 13.3. The zero-order chi connectivity index (χ0) is 22.4. The number of nitrogens with zero attached hydrogens (tertiary/aromatic N) is 2. The molecule has 2 saturated heterocycles. The van der Waals surface area contributed by atoms with Gasteiger partial charge in [-0.3, -0.25) is 19.2 Å². The van der Waals surface area contributed by atoms with Crippen molar-refractivity contribution in [2.24, 2.45) is 11.3 Å². The lowest BCUT2D eigenvalue weighted by Gasteiger charge is -2.47. The van der Waals surface area contributed by atoms with Crippen molar-refractivity contribution in [2.75, 3.05) is 32.8 Å². The maximum absolute atomic E-state index is 13.3.